The van der Waals surface area contributed by atoms with E-state index in [0.29, 0.717) is 0 Å². The number of aromatic hydroxyl groups is 1. The highest BCUT2D eigenvalue weighted by Gasteiger charge is 2.11. The molecule has 10 heavy (non-hydrogen) atoms. The average molecular weight is 143 g/mol. The van der Waals surface area contributed by atoms with E-state index in [1.54, 1.807) is 0 Å². The molecule has 1 heterocycles. The summed E-state index contributed by atoms with van der Waals surface area (Å²) in [6.07, 6.45) is 0. The number of carboxylic acids is 1. The van der Waals surface area contributed by atoms with Crippen LogP contribution in [0.2, 0.25) is 0 Å². The van der Waals surface area contributed by atoms with Crippen LogP contribution in [0.1, 0.15) is 10.6 Å². The number of aryl methyl sites for hydroxylation is 1. The van der Waals surface area contributed by atoms with E-state index >= 15 is 0 Å². The largest absolute Gasteiger partial charge is 0.479 e. The van der Waals surface area contributed by atoms with E-state index in [1.165, 1.54) is 7.05 Å². The van der Waals surface area contributed by atoms with Crippen molar-refractivity contribution in [1.82, 2.24) is 14.8 Å². The number of carbonyl (C=O) groups is 1. The molecule has 0 unspecified atom stereocenters. The first kappa shape index (κ1) is 6.53. The number of aromatic carboxylic acids is 1. The van der Waals surface area contributed by atoms with Crippen molar-refractivity contribution in [2.45, 2.75) is 0 Å². The zero-order valence-corrected chi connectivity index (χ0v) is 5.14. The van der Waals surface area contributed by atoms with E-state index in [2.05, 4.69) is 10.1 Å². The van der Waals surface area contributed by atoms with E-state index < -0.39 is 17.8 Å². The maximum atomic E-state index is 10.1. The third-order valence-electron chi connectivity index (χ3n) is 0.931. The summed E-state index contributed by atoms with van der Waals surface area (Å²) >= 11 is 0. The van der Waals surface area contributed by atoms with Crippen molar-refractivity contribution in [1.29, 1.82) is 0 Å². The lowest BCUT2D eigenvalue weighted by molar-refractivity contribution is 0.0683. The fourth-order valence-corrected chi connectivity index (χ4v) is 0.467. The summed E-state index contributed by atoms with van der Waals surface area (Å²) in [4.78, 5) is 13.3. The zero-order valence-electron chi connectivity index (χ0n) is 5.14. The lowest BCUT2D eigenvalue weighted by Gasteiger charge is -1.83. The van der Waals surface area contributed by atoms with Crippen molar-refractivity contribution in [3.8, 4) is 6.01 Å². The molecule has 0 radical (unpaired) electrons. The molecule has 2 N–H and O–H groups in total. The molecule has 1 aromatic heterocycles. The summed E-state index contributed by atoms with van der Waals surface area (Å²) in [6.45, 7) is 0. The van der Waals surface area contributed by atoms with E-state index in [1.807, 2.05) is 0 Å². The lowest BCUT2D eigenvalue weighted by Crippen LogP contribution is -2.00. The second-order valence-electron chi connectivity index (χ2n) is 1.66. The Morgan fingerprint density at radius 1 is 1.70 bits per heavy atom. The van der Waals surface area contributed by atoms with E-state index in [0.717, 1.165) is 4.68 Å². The summed E-state index contributed by atoms with van der Waals surface area (Å²) in [7, 11) is 1.40. The minimum atomic E-state index is -1.25. The molecule has 54 valence electrons. The van der Waals surface area contributed by atoms with E-state index in [-0.39, 0.29) is 0 Å². The Bertz CT molecular complexity index is 247. The van der Waals surface area contributed by atoms with E-state index in [9.17, 15) is 4.79 Å². The molecule has 0 amide bonds. The Kier molecular flexibility index (Phi) is 1.29. The highest BCUT2D eigenvalue weighted by atomic mass is 16.4. The molecule has 0 saturated heterocycles. The van der Waals surface area contributed by atoms with Gasteiger partial charge in [0.25, 0.3) is 5.82 Å². The van der Waals surface area contributed by atoms with Crippen LogP contribution >= 0.6 is 0 Å². The molecule has 6 heteroatoms. The molecule has 6 nitrogen and oxygen atoms in total. The number of hydrogen-bond acceptors (Lipinski definition) is 4. The van der Waals surface area contributed by atoms with Crippen LogP contribution in [-0.2, 0) is 7.05 Å². The highest BCUT2D eigenvalue weighted by Crippen LogP contribution is 2.01. The van der Waals surface area contributed by atoms with Gasteiger partial charge in [-0.25, -0.2) is 9.48 Å². The van der Waals surface area contributed by atoms with Crippen LogP contribution in [0.15, 0.2) is 0 Å². The summed E-state index contributed by atoms with van der Waals surface area (Å²) in [5, 5.41) is 20.4. The monoisotopic (exact) mass is 143 g/mol. The van der Waals surface area contributed by atoms with Crippen LogP contribution < -0.4 is 0 Å². The first-order chi connectivity index (χ1) is 4.61. The fourth-order valence-electron chi connectivity index (χ4n) is 0.467. The quantitative estimate of drug-likeness (QED) is 0.538. The molecular weight excluding hydrogens is 138 g/mol. The Balaban J connectivity index is 3.10. The predicted octanol–water partition coefficient (Wildman–Crippen LogP) is -0.781. The molecule has 0 aliphatic carbocycles. The molecule has 0 aromatic carbocycles. The van der Waals surface area contributed by atoms with Gasteiger partial charge >= 0.3 is 12.0 Å². The van der Waals surface area contributed by atoms with Crippen molar-refractivity contribution >= 4 is 5.97 Å². The van der Waals surface area contributed by atoms with Gasteiger partial charge in [-0.05, 0) is 0 Å². The fraction of sp³-hybridized carbons (Fsp3) is 0.250. The van der Waals surface area contributed by atoms with Gasteiger partial charge in [-0.2, -0.15) is 4.98 Å². The maximum absolute atomic E-state index is 10.1. The second-order valence-corrected chi connectivity index (χ2v) is 1.66. The van der Waals surface area contributed by atoms with E-state index in [4.69, 9.17) is 10.2 Å². The van der Waals surface area contributed by atoms with Crippen molar-refractivity contribution < 1.29 is 15.0 Å². The van der Waals surface area contributed by atoms with Gasteiger partial charge in [-0.3, -0.25) is 0 Å². The van der Waals surface area contributed by atoms with Crippen LogP contribution in [0, 0.1) is 0 Å². The third-order valence-corrected chi connectivity index (χ3v) is 0.931. The summed E-state index contributed by atoms with van der Waals surface area (Å²) in [5.74, 6) is -1.66. The van der Waals surface area contributed by atoms with Gasteiger partial charge in [-0.15, -0.1) is 5.10 Å². The topological polar surface area (TPSA) is 88.2 Å². The zero-order chi connectivity index (χ0) is 7.72. The van der Waals surface area contributed by atoms with Crippen LogP contribution in [0.4, 0.5) is 0 Å². The van der Waals surface area contributed by atoms with Crippen molar-refractivity contribution in [3.05, 3.63) is 5.82 Å². The van der Waals surface area contributed by atoms with Crippen LogP contribution in [0.5, 0.6) is 6.01 Å². The third kappa shape index (κ3) is 0.903. The Morgan fingerprint density at radius 2 is 2.30 bits per heavy atom. The van der Waals surface area contributed by atoms with Crippen molar-refractivity contribution in [3.63, 3.8) is 0 Å². The molecular formula is C4H5N3O3. The van der Waals surface area contributed by atoms with Gasteiger partial charge in [0.2, 0.25) is 0 Å². The van der Waals surface area contributed by atoms with Gasteiger partial charge in [0.15, 0.2) is 0 Å². The van der Waals surface area contributed by atoms with Crippen LogP contribution in [-0.4, -0.2) is 30.9 Å². The predicted molar refractivity (Wildman–Crippen MR) is 29.6 cm³/mol. The second kappa shape index (κ2) is 1.98. The summed E-state index contributed by atoms with van der Waals surface area (Å²) in [6, 6.07) is -0.405. The first-order valence-corrected chi connectivity index (χ1v) is 2.44. The molecule has 1 aromatic rings. The molecule has 0 aliphatic heterocycles. The highest BCUT2D eigenvalue weighted by molar-refractivity contribution is 5.82. The van der Waals surface area contributed by atoms with Crippen LogP contribution in [0.25, 0.3) is 0 Å². The molecule has 0 aliphatic rings. The van der Waals surface area contributed by atoms with Gasteiger partial charge in [0.05, 0.1) is 0 Å². The Morgan fingerprint density at radius 3 is 2.50 bits per heavy atom. The number of rotatable bonds is 1. The molecule has 1 rings (SSSR count). The standard InChI is InChI=1S/C4H5N3O3/c1-7-4(10)5-2(6-7)3(8)9/h1H3,(H,8,9)(H,5,6,10). The van der Waals surface area contributed by atoms with Gasteiger partial charge in [-0.1, -0.05) is 0 Å². The minimum Gasteiger partial charge on any atom is -0.479 e. The average Bonchev–Trinajstić information content (AvgIpc) is 2.13. The van der Waals surface area contributed by atoms with Crippen molar-refractivity contribution in [2.75, 3.05) is 0 Å². The maximum Gasteiger partial charge on any atom is 0.375 e. The number of hydrogen-bond donors (Lipinski definition) is 2. The SMILES string of the molecule is Cn1nc(C(=O)O)nc1O. The minimum absolute atomic E-state index is 0.403. The van der Waals surface area contributed by atoms with Gasteiger partial charge in [0, 0.05) is 7.05 Å². The summed E-state index contributed by atoms with van der Waals surface area (Å²) in [5.41, 5.74) is 0. The lowest BCUT2D eigenvalue weighted by atomic mass is 10.6. The van der Waals surface area contributed by atoms with Gasteiger partial charge in [0.1, 0.15) is 0 Å². The Hall–Kier alpha value is -1.59. The summed E-state index contributed by atoms with van der Waals surface area (Å²) < 4.78 is 0.976. The smallest absolute Gasteiger partial charge is 0.375 e. The molecule has 0 fully saturated rings. The number of nitrogens with zero attached hydrogens (tertiary/aromatic N) is 3. The number of carboxylic acid groups (broad SMARTS) is 1. The molecule has 0 saturated carbocycles. The molecule has 0 atom stereocenters. The van der Waals surface area contributed by atoms with Crippen LogP contribution in [0.3, 0.4) is 0 Å². The molecule has 0 bridgehead atoms. The Labute approximate surface area is 55.7 Å². The molecule has 0 spiro atoms. The normalized spacial score (nSPS) is 9.70. The number of aromatic nitrogens is 3. The van der Waals surface area contributed by atoms with Gasteiger partial charge < -0.3 is 10.2 Å². The first-order valence-electron chi connectivity index (χ1n) is 2.44. The van der Waals surface area contributed by atoms with Crippen molar-refractivity contribution in [2.24, 2.45) is 7.05 Å².